The van der Waals surface area contributed by atoms with Gasteiger partial charge in [0, 0.05) is 31.9 Å². The number of aromatic nitrogens is 1. The van der Waals surface area contributed by atoms with Gasteiger partial charge in [-0.05, 0) is 83.0 Å². The van der Waals surface area contributed by atoms with E-state index in [1.807, 2.05) is 13.8 Å². The first-order valence-corrected chi connectivity index (χ1v) is 12.0. The van der Waals surface area contributed by atoms with E-state index in [9.17, 15) is 4.79 Å². The Morgan fingerprint density at radius 3 is 2.81 bits per heavy atom. The Morgan fingerprint density at radius 2 is 2.09 bits per heavy atom. The van der Waals surface area contributed by atoms with Gasteiger partial charge in [-0.15, -0.1) is 0 Å². The Hall–Kier alpha value is -2.18. The van der Waals surface area contributed by atoms with Crippen LogP contribution in [-0.2, 0) is 22.4 Å². The van der Waals surface area contributed by atoms with Crippen LogP contribution in [0.5, 0.6) is 0 Å². The standard InChI is InChI=1S/C26H37N3O3/c1-19-24(20(2)32-28-19)9-12-27-25(30)26(10-14-31-15-11-26)17-21-6-4-7-22(16-21)23-8-5-13-29(3)18-23/h4,6-7,16,23H,5,8-15,17-18H2,1-3H3,(H,27,30)/t23-/m1/s1. The van der Waals surface area contributed by atoms with E-state index in [2.05, 4.69) is 46.7 Å². The first-order valence-electron chi connectivity index (χ1n) is 12.0. The predicted molar refractivity (Wildman–Crippen MR) is 125 cm³/mol. The third-order valence-electron chi connectivity index (χ3n) is 7.36. The van der Waals surface area contributed by atoms with Crippen LogP contribution in [-0.4, -0.2) is 55.9 Å². The van der Waals surface area contributed by atoms with Gasteiger partial charge in [-0.1, -0.05) is 29.4 Å². The summed E-state index contributed by atoms with van der Waals surface area (Å²) < 4.78 is 10.9. The lowest BCUT2D eigenvalue weighted by Crippen LogP contribution is -2.46. The van der Waals surface area contributed by atoms with Gasteiger partial charge >= 0.3 is 0 Å². The highest BCUT2D eigenvalue weighted by molar-refractivity contribution is 5.83. The maximum Gasteiger partial charge on any atom is 0.226 e. The number of piperidine rings is 1. The molecule has 32 heavy (non-hydrogen) atoms. The minimum Gasteiger partial charge on any atom is -0.381 e. The van der Waals surface area contributed by atoms with Crippen molar-refractivity contribution in [2.24, 2.45) is 5.41 Å². The summed E-state index contributed by atoms with van der Waals surface area (Å²) in [4.78, 5) is 15.9. The zero-order chi connectivity index (χ0) is 22.6. The van der Waals surface area contributed by atoms with Crippen molar-refractivity contribution in [2.75, 3.05) is 39.9 Å². The quantitative estimate of drug-likeness (QED) is 0.711. The summed E-state index contributed by atoms with van der Waals surface area (Å²) in [6.45, 7) is 8.06. The second-order valence-corrected chi connectivity index (χ2v) is 9.72. The molecule has 2 aliphatic rings. The third-order valence-corrected chi connectivity index (χ3v) is 7.36. The summed E-state index contributed by atoms with van der Waals surface area (Å²) in [6.07, 6.45) is 5.53. The van der Waals surface area contributed by atoms with Gasteiger partial charge in [0.05, 0.1) is 11.1 Å². The Bertz CT molecular complexity index is 897. The molecule has 1 aromatic carbocycles. The number of aryl methyl sites for hydroxylation is 2. The summed E-state index contributed by atoms with van der Waals surface area (Å²) in [5, 5.41) is 7.24. The van der Waals surface area contributed by atoms with Crippen LogP contribution in [0.25, 0.3) is 0 Å². The maximum atomic E-state index is 13.4. The summed E-state index contributed by atoms with van der Waals surface area (Å²) in [5.41, 5.74) is 4.27. The van der Waals surface area contributed by atoms with Gasteiger partial charge in [0.2, 0.25) is 5.91 Å². The van der Waals surface area contributed by atoms with E-state index < -0.39 is 5.41 Å². The number of ether oxygens (including phenoxy) is 1. The van der Waals surface area contributed by atoms with Crippen LogP contribution in [0.4, 0.5) is 0 Å². The number of likely N-dealkylation sites (N-methyl/N-ethyl adjacent to an activating group) is 1. The topological polar surface area (TPSA) is 67.6 Å². The summed E-state index contributed by atoms with van der Waals surface area (Å²) >= 11 is 0. The summed E-state index contributed by atoms with van der Waals surface area (Å²) in [6, 6.07) is 8.96. The van der Waals surface area contributed by atoms with Crippen molar-refractivity contribution in [2.45, 2.75) is 58.3 Å². The number of rotatable bonds is 7. The van der Waals surface area contributed by atoms with Gasteiger partial charge in [-0.3, -0.25) is 4.79 Å². The SMILES string of the molecule is Cc1noc(C)c1CCNC(=O)C1(Cc2cccc([C@@H]3CCCN(C)C3)c2)CCOCC1. The molecule has 0 radical (unpaired) electrons. The van der Waals surface area contributed by atoms with Crippen molar-refractivity contribution < 1.29 is 14.1 Å². The number of hydrogen-bond acceptors (Lipinski definition) is 5. The molecule has 4 rings (SSSR count). The average Bonchev–Trinajstić information content (AvgIpc) is 3.12. The lowest BCUT2D eigenvalue weighted by Gasteiger charge is -2.36. The molecule has 2 aromatic rings. The first kappa shape index (κ1) is 23.0. The minimum atomic E-state index is -0.404. The monoisotopic (exact) mass is 439 g/mol. The number of benzene rings is 1. The molecule has 174 valence electrons. The molecule has 6 nitrogen and oxygen atoms in total. The normalized spacial score (nSPS) is 21.4. The largest absolute Gasteiger partial charge is 0.381 e. The fraction of sp³-hybridized carbons (Fsp3) is 0.615. The highest BCUT2D eigenvalue weighted by Gasteiger charge is 2.40. The molecule has 1 aromatic heterocycles. The number of likely N-dealkylation sites (tertiary alicyclic amines) is 1. The van der Waals surface area contributed by atoms with Gasteiger partial charge in [0.25, 0.3) is 0 Å². The van der Waals surface area contributed by atoms with Gasteiger partial charge < -0.3 is 19.5 Å². The molecule has 1 amide bonds. The lowest BCUT2D eigenvalue weighted by molar-refractivity contribution is -0.136. The molecule has 3 heterocycles. The number of amides is 1. The molecule has 1 N–H and O–H groups in total. The van der Waals surface area contributed by atoms with E-state index in [0.29, 0.717) is 25.7 Å². The van der Waals surface area contributed by atoms with Crippen LogP contribution < -0.4 is 5.32 Å². The Morgan fingerprint density at radius 1 is 1.28 bits per heavy atom. The van der Waals surface area contributed by atoms with Crippen LogP contribution in [0.3, 0.4) is 0 Å². The fourth-order valence-corrected chi connectivity index (χ4v) is 5.38. The molecule has 0 aliphatic carbocycles. The zero-order valence-corrected chi connectivity index (χ0v) is 19.8. The predicted octanol–water partition coefficient (Wildman–Crippen LogP) is 3.80. The zero-order valence-electron chi connectivity index (χ0n) is 19.8. The molecule has 2 saturated heterocycles. The lowest BCUT2D eigenvalue weighted by atomic mass is 9.74. The van der Waals surface area contributed by atoms with Crippen molar-refractivity contribution >= 4 is 5.91 Å². The van der Waals surface area contributed by atoms with E-state index in [0.717, 1.165) is 49.2 Å². The third kappa shape index (κ3) is 5.24. The number of hydrogen-bond donors (Lipinski definition) is 1. The second-order valence-electron chi connectivity index (χ2n) is 9.72. The second kappa shape index (κ2) is 10.2. The Balaban J connectivity index is 1.44. The summed E-state index contributed by atoms with van der Waals surface area (Å²) in [7, 11) is 2.21. The van der Waals surface area contributed by atoms with Gasteiger partial charge in [-0.25, -0.2) is 0 Å². The van der Waals surface area contributed by atoms with E-state index in [1.165, 1.54) is 30.5 Å². The highest BCUT2D eigenvalue weighted by Crippen LogP contribution is 2.36. The average molecular weight is 440 g/mol. The molecule has 0 spiro atoms. The highest BCUT2D eigenvalue weighted by atomic mass is 16.5. The van der Waals surface area contributed by atoms with Gasteiger partial charge in [0.15, 0.2) is 0 Å². The molecular formula is C26H37N3O3. The number of carbonyl (C=O) groups excluding carboxylic acids is 1. The maximum absolute atomic E-state index is 13.4. The van der Waals surface area contributed by atoms with Crippen molar-refractivity contribution in [1.29, 1.82) is 0 Å². The van der Waals surface area contributed by atoms with Crippen LogP contribution >= 0.6 is 0 Å². The number of nitrogens with one attached hydrogen (secondary N) is 1. The summed E-state index contributed by atoms with van der Waals surface area (Å²) in [5.74, 6) is 1.57. The van der Waals surface area contributed by atoms with Crippen molar-refractivity contribution in [3.63, 3.8) is 0 Å². The smallest absolute Gasteiger partial charge is 0.226 e. The first-order chi connectivity index (χ1) is 15.5. The molecule has 0 saturated carbocycles. The molecule has 6 heteroatoms. The Kier molecular flexibility index (Phi) is 7.31. The van der Waals surface area contributed by atoms with Crippen LogP contribution in [0.1, 0.15) is 59.7 Å². The van der Waals surface area contributed by atoms with E-state index in [-0.39, 0.29) is 5.91 Å². The van der Waals surface area contributed by atoms with Gasteiger partial charge in [0.1, 0.15) is 5.76 Å². The number of carbonyl (C=O) groups is 1. The molecular weight excluding hydrogens is 402 g/mol. The molecule has 0 unspecified atom stereocenters. The number of nitrogens with zero attached hydrogens (tertiary/aromatic N) is 2. The fourth-order valence-electron chi connectivity index (χ4n) is 5.38. The minimum absolute atomic E-state index is 0.148. The van der Waals surface area contributed by atoms with Crippen molar-refractivity contribution in [1.82, 2.24) is 15.4 Å². The van der Waals surface area contributed by atoms with E-state index >= 15 is 0 Å². The Labute approximate surface area is 191 Å². The molecule has 0 bridgehead atoms. The van der Waals surface area contributed by atoms with Crippen molar-refractivity contribution in [3.05, 3.63) is 52.4 Å². The van der Waals surface area contributed by atoms with Crippen molar-refractivity contribution in [3.8, 4) is 0 Å². The van der Waals surface area contributed by atoms with Gasteiger partial charge in [-0.2, -0.15) is 0 Å². The molecule has 1 atom stereocenters. The van der Waals surface area contributed by atoms with Crippen LogP contribution in [0, 0.1) is 19.3 Å². The van der Waals surface area contributed by atoms with Crippen LogP contribution in [0.2, 0.25) is 0 Å². The van der Waals surface area contributed by atoms with E-state index in [4.69, 9.17) is 9.26 Å². The van der Waals surface area contributed by atoms with Crippen LogP contribution in [0.15, 0.2) is 28.8 Å². The molecule has 2 aliphatic heterocycles. The van der Waals surface area contributed by atoms with E-state index in [1.54, 1.807) is 0 Å². The molecule has 2 fully saturated rings.